The third kappa shape index (κ3) is 3.10. The van der Waals surface area contributed by atoms with E-state index in [4.69, 9.17) is 0 Å². The van der Waals surface area contributed by atoms with Crippen LogP contribution in [0.3, 0.4) is 0 Å². The highest BCUT2D eigenvalue weighted by Gasteiger charge is 2.50. The quantitative estimate of drug-likeness (QED) is 0.805. The molecule has 0 unspecified atom stereocenters. The van der Waals surface area contributed by atoms with E-state index >= 15 is 0 Å². The fourth-order valence-corrected chi connectivity index (χ4v) is 5.15. The molecule has 0 radical (unpaired) electrons. The Morgan fingerprint density at radius 2 is 1.71 bits per heavy atom. The molecule has 0 aromatic heterocycles. The first-order valence-corrected chi connectivity index (χ1v) is 10.0. The van der Waals surface area contributed by atoms with Crippen molar-refractivity contribution in [3.63, 3.8) is 0 Å². The van der Waals surface area contributed by atoms with Gasteiger partial charge in [-0.05, 0) is 69.0 Å². The van der Waals surface area contributed by atoms with Crippen molar-refractivity contribution in [2.45, 2.75) is 37.6 Å². The van der Waals surface area contributed by atoms with Gasteiger partial charge in [0, 0.05) is 24.2 Å². The maximum Gasteiger partial charge on any atom is 0.227 e. The minimum atomic E-state index is 0.0453. The number of hydrogen-bond acceptors (Lipinski definition) is 3. The van der Waals surface area contributed by atoms with E-state index in [1.807, 2.05) is 23.1 Å². The fourth-order valence-electron chi connectivity index (χ4n) is 5.15. The average molecular weight is 374 g/mol. The van der Waals surface area contributed by atoms with Gasteiger partial charge in [0.2, 0.25) is 5.91 Å². The summed E-state index contributed by atoms with van der Waals surface area (Å²) in [6, 6.07) is 20.4. The molecule has 4 heteroatoms. The first-order chi connectivity index (χ1) is 13.5. The molecule has 4 rings (SSSR count). The van der Waals surface area contributed by atoms with Gasteiger partial charge >= 0.3 is 0 Å². The second-order valence-corrected chi connectivity index (χ2v) is 8.61. The van der Waals surface area contributed by atoms with Crippen LogP contribution in [0.15, 0.2) is 54.6 Å². The van der Waals surface area contributed by atoms with E-state index in [0.717, 1.165) is 37.9 Å². The number of nitriles is 1. The molecule has 0 bridgehead atoms. The zero-order chi connectivity index (χ0) is 19.8. The summed E-state index contributed by atoms with van der Waals surface area (Å²) in [7, 11) is 4.34. The Kier molecular flexibility index (Phi) is 4.72. The number of benzene rings is 2. The lowest BCUT2D eigenvalue weighted by Crippen LogP contribution is -2.47. The van der Waals surface area contributed by atoms with E-state index in [0.29, 0.717) is 12.0 Å². The molecule has 2 fully saturated rings. The number of nitrogens with zero attached hydrogens (tertiary/aromatic N) is 3. The van der Waals surface area contributed by atoms with E-state index in [9.17, 15) is 10.1 Å². The molecule has 144 valence electrons. The van der Waals surface area contributed by atoms with Crippen molar-refractivity contribution >= 4 is 11.6 Å². The molecule has 4 nitrogen and oxygen atoms in total. The van der Waals surface area contributed by atoms with Crippen LogP contribution in [0.4, 0.5) is 5.69 Å². The van der Waals surface area contributed by atoms with Gasteiger partial charge in [0.15, 0.2) is 0 Å². The van der Waals surface area contributed by atoms with Gasteiger partial charge in [-0.1, -0.05) is 36.4 Å². The lowest BCUT2D eigenvalue weighted by atomic mass is 9.64. The van der Waals surface area contributed by atoms with Crippen molar-refractivity contribution in [2.75, 3.05) is 25.5 Å². The second-order valence-electron chi connectivity index (χ2n) is 8.61. The molecule has 2 aromatic carbocycles. The summed E-state index contributed by atoms with van der Waals surface area (Å²) in [6.07, 6.45) is 4.81. The van der Waals surface area contributed by atoms with E-state index in [-0.39, 0.29) is 16.9 Å². The van der Waals surface area contributed by atoms with Crippen molar-refractivity contribution in [3.05, 3.63) is 65.7 Å². The minimum Gasteiger partial charge on any atom is -0.312 e. The van der Waals surface area contributed by atoms with Crippen LogP contribution in [0.2, 0.25) is 0 Å². The summed E-state index contributed by atoms with van der Waals surface area (Å²) in [5, 5.41) is 9.17. The van der Waals surface area contributed by atoms with Crippen LogP contribution in [0.25, 0.3) is 0 Å². The van der Waals surface area contributed by atoms with Crippen LogP contribution in [0.5, 0.6) is 0 Å². The predicted molar refractivity (Wildman–Crippen MR) is 111 cm³/mol. The smallest absolute Gasteiger partial charge is 0.227 e. The lowest BCUT2D eigenvalue weighted by molar-refractivity contribution is -0.118. The van der Waals surface area contributed by atoms with Crippen LogP contribution in [-0.2, 0) is 10.3 Å². The first-order valence-electron chi connectivity index (χ1n) is 10.0. The summed E-state index contributed by atoms with van der Waals surface area (Å²) < 4.78 is 0. The maximum atomic E-state index is 12.8. The number of carbonyl (C=O) groups excluding carboxylic acids is 1. The van der Waals surface area contributed by atoms with E-state index < -0.39 is 0 Å². The first kappa shape index (κ1) is 18.7. The molecule has 0 N–H and O–H groups in total. The molecular weight excluding hydrogens is 346 g/mol. The Hall–Kier alpha value is -2.64. The monoisotopic (exact) mass is 373 g/mol. The average Bonchev–Trinajstić information content (AvgIpc) is 3.05. The van der Waals surface area contributed by atoms with E-state index in [2.05, 4.69) is 55.4 Å². The molecule has 1 aliphatic carbocycles. The molecular formula is C24H27N3O. The van der Waals surface area contributed by atoms with Gasteiger partial charge in [0.25, 0.3) is 0 Å². The number of rotatable bonds is 3. The van der Waals surface area contributed by atoms with Crippen molar-refractivity contribution in [1.29, 1.82) is 5.26 Å². The number of anilines is 1. The molecule has 0 atom stereocenters. The highest BCUT2D eigenvalue weighted by Crippen LogP contribution is 2.52. The molecule has 1 aliphatic heterocycles. The Balaban J connectivity index is 1.56. The van der Waals surface area contributed by atoms with E-state index in [1.54, 1.807) is 6.07 Å². The molecule has 28 heavy (non-hydrogen) atoms. The van der Waals surface area contributed by atoms with Gasteiger partial charge in [-0.2, -0.15) is 5.26 Å². The highest BCUT2D eigenvalue weighted by atomic mass is 16.2. The molecule has 2 aliphatic rings. The van der Waals surface area contributed by atoms with Crippen molar-refractivity contribution in [3.8, 4) is 6.07 Å². The van der Waals surface area contributed by atoms with Gasteiger partial charge in [-0.25, -0.2) is 0 Å². The number of carbonyl (C=O) groups is 1. The molecule has 2 aromatic rings. The largest absolute Gasteiger partial charge is 0.312 e. The normalized spacial score (nSPS) is 27.4. The van der Waals surface area contributed by atoms with Gasteiger partial charge in [-0.3, -0.25) is 9.69 Å². The third-order valence-corrected chi connectivity index (χ3v) is 6.91. The lowest BCUT2D eigenvalue weighted by Gasteiger charge is -2.48. The molecule has 1 spiro atoms. The molecule has 1 heterocycles. The Labute approximate surface area is 167 Å². The van der Waals surface area contributed by atoms with Crippen molar-refractivity contribution < 1.29 is 4.79 Å². The van der Waals surface area contributed by atoms with Crippen LogP contribution >= 0.6 is 0 Å². The number of amides is 1. The van der Waals surface area contributed by atoms with Crippen LogP contribution in [0.1, 0.15) is 43.2 Å². The summed E-state index contributed by atoms with van der Waals surface area (Å²) >= 11 is 0. The van der Waals surface area contributed by atoms with Gasteiger partial charge in [0.05, 0.1) is 11.6 Å². The zero-order valence-electron chi connectivity index (χ0n) is 16.7. The van der Waals surface area contributed by atoms with E-state index in [1.165, 1.54) is 5.56 Å². The molecule has 1 saturated carbocycles. The minimum absolute atomic E-state index is 0.0453. The Morgan fingerprint density at radius 1 is 1.00 bits per heavy atom. The maximum absolute atomic E-state index is 12.8. The van der Waals surface area contributed by atoms with Gasteiger partial charge in [-0.15, -0.1) is 0 Å². The molecule has 1 saturated heterocycles. The van der Waals surface area contributed by atoms with Crippen molar-refractivity contribution in [2.24, 2.45) is 5.41 Å². The second kappa shape index (κ2) is 7.07. The summed E-state index contributed by atoms with van der Waals surface area (Å²) in [4.78, 5) is 17.1. The summed E-state index contributed by atoms with van der Waals surface area (Å²) in [6.45, 7) is 0.763. The van der Waals surface area contributed by atoms with Crippen molar-refractivity contribution in [1.82, 2.24) is 4.90 Å². The highest BCUT2D eigenvalue weighted by molar-refractivity contribution is 5.96. The van der Waals surface area contributed by atoms with Gasteiger partial charge in [0.1, 0.15) is 0 Å². The Bertz CT molecular complexity index is 905. The third-order valence-electron chi connectivity index (χ3n) is 6.91. The summed E-state index contributed by atoms with van der Waals surface area (Å²) in [5.41, 5.74) is 2.93. The molecule has 1 amide bonds. The van der Waals surface area contributed by atoms with Crippen LogP contribution in [-0.4, -0.2) is 31.4 Å². The van der Waals surface area contributed by atoms with Gasteiger partial charge < -0.3 is 4.90 Å². The number of hydrogen-bond donors (Lipinski definition) is 0. The fraction of sp³-hybridized carbons (Fsp3) is 0.417. The zero-order valence-corrected chi connectivity index (χ0v) is 16.7. The Morgan fingerprint density at radius 3 is 2.36 bits per heavy atom. The SMILES string of the molecule is CN(C)[C@]1(c2ccccc2)CC[C@@]2(CC1)CC(=O)N(c1cccc(C#N)c1)C2. The standard InChI is InChI=1S/C24H27N3O/c1-26(2)24(20-8-4-3-5-9-20)13-11-23(12-14-24)16-22(28)27(18-23)21-10-6-7-19(15-21)17-25/h3-10,15H,11-14,16,18H2,1-2H3/t23-,24-. The topological polar surface area (TPSA) is 47.3 Å². The van der Waals surface area contributed by atoms with Crippen LogP contribution < -0.4 is 4.90 Å². The van der Waals surface area contributed by atoms with Crippen LogP contribution in [0, 0.1) is 16.7 Å². The predicted octanol–water partition coefficient (Wildman–Crippen LogP) is 4.31. The summed E-state index contributed by atoms with van der Waals surface area (Å²) in [5.74, 6) is 0.187.